The molecular formula is C7H10ClN3O. The summed E-state index contributed by atoms with van der Waals surface area (Å²) in [5.74, 6) is 0.311. The van der Waals surface area contributed by atoms with Crippen LogP contribution in [0, 0.1) is 0 Å². The number of hydrogen-bond acceptors (Lipinski definition) is 4. The van der Waals surface area contributed by atoms with Crippen LogP contribution in [0.4, 0.5) is 5.82 Å². The molecular weight excluding hydrogens is 178 g/mol. The fraction of sp³-hybridized carbons (Fsp3) is 0.429. The molecule has 0 unspecified atom stereocenters. The number of ether oxygens (including phenoxy) is 1. The van der Waals surface area contributed by atoms with Crippen molar-refractivity contribution in [1.29, 1.82) is 0 Å². The topological polar surface area (TPSA) is 61.0 Å². The largest absolute Gasteiger partial charge is 0.461 e. The minimum atomic E-state index is 0.0165. The number of nitrogens with zero attached hydrogens (tertiary/aromatic N) is 2. The summed E-state index contributed by atoms with van der Waals surface area (Å²) in [7, 11) is 0. The summed E-state index contributed by atoms with van der Waals surface area (Å²) in [6, 6.07) is 1.68. The van der Waals surface area contributed by atoms with E-state index in [1.54, 1.807) is 0 Å². The Labute approximate surface area is 75.7 Å². The summed E-state index contributed by atoms with van der Waals surface area (Å²) >= 11 is 5.62. The lowest BCUT2D eigenvalue weighted by molar-refractivity contribution is 0.222. The Kier molecular flexibility index (Phi) is 2.70. The lowest BCUT2D eigenvalue weighted by Crippen LogP contribution is -2.09. The third kappa shape index (κ3) is 2.54. The molecule has 0 aromatic carbocycles. The molecule has 0 atom stereocenters. The highest BCUT2D eigenvalue weighted by atomic mass is 35.5. The molecule has 4 nitrogen and oxygen atoms in total. The zero-order valence-corrected chi connectivity index (χ0v) is 7.67. The first-order valence-electron chi connectivity index (χ1n) is 3.54. The van der Waals surface area contributed by atoms with Gasteiger partial charge in [0, 0.05) is 6.07 Å². The van der Waals surface area contributed by atoms with E-state index in [0.29, 0.717) is 5.82 Å². The number of aromatic nitrogens is 2. The molecule has 0 saturated carbocycles. The molecule has 0 bridgehead atoms. The fourth-order valence-electron chi connectivity index (χ4n) is 0.677. The SMILES string of the molecule is CC(C)Oc1nc(N)cc(Cl)n1. The van der Waals surface area contributed by atoms with Crippen molar-refractivity contribution in [2.45, 2.75) is 20.0 Å². The summed E-state index contributed by atoms with van der Waals surface area (Å²) in [5.41, 5.74) is 5.42. The second kappa shape index (κ2) is 3.58. The maximum atomic E-state index is 5.62. The van der Waals surface area contributed by atoms with Gasteiger partial charge < -0.3 is 10.5 Å². The van der Waals surface area contributed by atoms with E-state index in [1.165, 1.54) is 6.07 Å². The van der Waals surface area contributed by atoms with E-state index in [-0.39, 0.29) is 17.3 Å². The number of anilines is 1. The van der Waals surface area contributed by atoms with E-state index in [2.05, 4.69) is 9.97 Å². The maximum absolute atomic E-state index is 5.62. The Morgan fingerprint density at radius 1 is 1.50 bits per heavy atom. The molecule has 0 saturated heterocycles. The van der Waals surface area contributed by atoms with Crippen LogP contribution in [0.1, 0.15) is 13.8 Å². The summed E-state index contributed by atoms with van der Waals surface area (Å²) in [6.45, 7) is 3.75. The van der Waals surface area contributed by atoms with Gasteiger partial charge in [-0.2, -0.15) is 9.97 Å². The van der Waals surface area contributed by atoms with Crippen molar-refractivity contribution >= 4 is 17.4 Å². The van der Waals surface area contributed by atoms with Crippen LogP contribution in [-0.4, -0.2) is 16.1 Å². The summed E-state index contributed by atoms with van der Waals surface area (Å²) in [5, 5.41) is 0.290. The lowest BCUT2D eigenvalue weighted by Gasteiger charge is -2.07. The minimum Gasteiger partial charge on any atom is -0.461 e. The number of halogens is 1. The standard InChI is InChI=1S/C7H10ClN3O/c1-4(2)12-7-10-5(8)3-6(9)11-7/h3-4H,1-2H3,(H2,9,10,11). The minimum absolute atomic E-state index is 0.0165. The number of rotatable bonds is 2. The molecule has 1 rings (SSSR count). The molecule has 0 aliphatic rings. The number of nitrogens with two attached hydrogens (primary N) is 1. The van der Waals surface area contributed by atoms with Gasteiger partial charge in [0.05, 0.1) is 6.10 Å². The quantitative estimate of drug-likeness (QED) is 0.713. The molecule has 1 aromatic heterocycles. The first-order chi connectivity index (χ1) is 5.58. The maximum Gasteiger partial charge on any atom is 0.320 e. The van der Waals surface area contributed by atoms with Gasteiger partial charge in [0.15, 0.2) is 0 Å². The second-order valence-corrected chi connectivity index (χ2v) is 2.95. The summed E-state index contributed by atoms with van der Waals surface area (Å²) < 4.78 is 5.19. The van der Waals surface area contributed by atoms with Crippen molar-refractivity contribution in [2.75, 3.05) is 5.73 Å². The van der Waals surface area contributed by atoms with Gasteiger partial charge in [-0.05, 0) is 13.8 Å². The fourth-order valence-corrected chi connectivity index (χ4v) is 0.861. The second-order valence-electron chi connectivity index (χ2n) is 2.56. The third-order valence-corrected chi connectivity index (χ3v) is 1.23. The van der Waals surface area contributed by atoms with Crippen molar-refractivity contribution in [3.63, 3.8) is 0 Å². The molecule has 0 spiro atoms. The predicted molar refractivity (Wildman–Crippen MR) is 47.2 cm³/mol. The van der Waals surface area contributed by atoms with E-state index in [0.717, 1.165) is 0 Å². The van der Waals surface area contributed by atoms with Crippen LogP contribution in [-0.2, 0) is 0 Å². The van der Waals surface area contributed by atoms with Crippen molar-refractivity contribution in [1.82, 2.24) is 9.97 Å². The van der Waals surface area contributed by atoms with E-state index in [9.17, 15) is 0 Å². The Hall–Kier alpha value is -1.03. The Balaban J connectivity index is 2.85. The van der Waals surface area contributed by atoms with Gasteiger partial charge in [0.2, 0.25) is 0 Å². The molecule has 0 aliphatic heterocycles. The number of hydrogen-bond donors (Lipinski definition) is 1. The van der Waals surface area contributed by atoms with E-state index >= 15 is 0 Å². The average molecular weight is 188 g/mol. The number of nitrogen functional groups attached to an aromatic ring is 1. The van der Waals surface area contributed by atoms with Crippen LogP contribution in [0.5, 0.6) is 6.01 Å². The highest BCUT2D eigenvalue weighted by molar-refractivity contribution is 6.29. The first kappa shape index (κ1) is 9.06. The third-order valence-electron chi connectivity index (χ3n) is 1.04. The van der Waals surface area contributed by atoms with Crippen molar-refractivity contribution in [2.24, 2.45) is 0 Å². The Bertz CT molecular complexity index is 257. The highest BCUT2D eigenvalue weighted by Gasteiger charge is 2.03. The molecule has 1 heterocycles. The molecule has 12 heavy (non-hydrogen) atoms. The van der Waals surface area contributed by atoms with Crippen LogP contribution in [0.15, 0.2) is 6.07 Å². The molecule has 0 amide bonds. The van der Waals surface area contributed by atoms with Crippen LogP contribution < -0.4 is 10.5 Å². The van der Waals surface area contributed by atoms with Gasteiger partial charge in [-0.25, -0.2) is 0 Å². The average Bonchev–Trinajstić information content (AvgIpc) is 1.81. The van der Waals surface area contributed by atoms with Gasteiger partial charge in [-0.3, -0.25) is 0 Å². The molecule has 0 aliphatic carbocycles. The van der Waals surface area contributed by atoms with Crippen molar-refractivity contribution < 1.29 is 4.74 Å². The molecule has 2 N–H and O–H groups in total. The monoisotopic (exact) mass is 187 g/mol. The van der Waals surface area contributed by atoms with Gasteiger partial charge in [0.1, 0.15) is 11.0 Å². The summed E-state index contributed by atoms with van der Waals surface area (Å²) in [6.07, 6.45) is 0.0165. The van der Waals surface area contributed by atoms with Crippen molar-refractivity contribution in [3.05, 3.63) is 11.2 Å². The predicted octanol–water partition coefficient (Wildman–Crippen LogP) is 1.50. The molecule has 66 valence electrons. The van der Waals surface area contributed by atoms with Crippen LogP contribution >= 0.6 is 11.6 Å². The Morgan fingerprint density at radius 2 is 2.17 bits per heavy atom. The normalized spacial score (nSPS) is 10.3. The lowest BCUT2D eigenvalue weighted by atomic mass is 10.5. The van der Waals surface area contributed by atoms with E-state index in [4.69, 9.17) is 22.1 Å². The zero-order valence-electron chi connectivity index (χ0n) is 6.91. The van der Waals surface area contributed by atoms with Crippen molar-refractivity contribution in [3.8, 4) is 6.01 Å². The Morgan fingerprint density at radius 3 is 2.67 bits per heavy atom. The summed E-state index contributed by atoms with van der Waals surface area (Å²) in [4.78, 5) is 7.66. The van der Waals surface area contributed by atoms with Gasteiger partial charge in [-0.1, -0.05) is 11.6 Å². The zero-order chi connectivity index (χ0) is 9.14. The van der Waals surface area contributed by atoms with Crippen LogP contribution in [0.2, 0.25) is 5.15 Å². The van der Waals surface area contributed by atoms with Gasteiger partial charge >= 0.3 is 6.01 Å². The van der Waals surface area contributed by atoms with Crippen LogP contribution in [0.25, 0.3) is 0 Å². The molecule has 1 aromatic rings. The van der Waals surface area contributed by atoms with E-state index in [1.807, 2.05) is 13.8 Å². The van der Waals surface area contributed by atoms with Crippen LogP contribution in [0.3, 0.4) is 0 Å². The van der Waals surface area contributed by atoms with E-state index < -0.39 is 0 Å². The molecule has 5 heteroatoms. The van der Waals surface area contributed by atoms with Gasteiger partial charge in [-0.15, -0.1) is 0 Å². The molecule has 0 fully saturated rings. The highest BCUT2D eigenvalue weighted by Crippen LogP contribution is 2.13. The van der Waals surface area contributed by atoms with Gasteiger partial charge in [0.25, 0.3) is 0 Å². The first-order valence-corrected chi connectivity index (χ1v) is 3.92. The molecule has 0 radical (unpaired) electrons. The smallest absolute Gasteiger partial charge is 0.320 e.